The first kappa shape index (κ1) is 17.9. The molecule has 1 N–H and O–H groups in total. The fourth-order valence-corrected chi connectivity index (χ4v) is 1.94. The molecule has 0 aromatic rings. The summed E-state index contributed by atoms with van der Waals surface area (Å²) in [5, 5.41) is 9.00. The molecule has 3 nitrogen and oxygen atoms in total. The van der Waals surface area contributed by atoms with E-state index in [-0.39, 0.29) is 12.7 Å². The third-order valence-electron chi connectivity index (χ3n) is 3.05. The zero-order chi connectivity index (χ0) is 13.5. The van der Waals surface area contributed by atoms with Gasteiger partial charge in [-0.3, -0.25) is 0 Å². The zero-order valence-electron chi connectivity index (χ0n) is 12.3. The molecule has 0 saturated heterocycles. The molecule has 0 heterocycles. The van der Waals surface area contributed by atoms with Crippen molar-refractivity contribution in [2.24, 2.45) is 0 Å². The highest BCUT2D eigenvalue weighted by Gasteiger charge is 2.05. The van der Waals surface area contributed by atoms with Crippen LogP contribution in [0.2, 0.25) is 0 Å². The average molecular weight is 260 g/mol. The highest BCUT2D eigenvalue weighted by molar-refractivity contribution is 4.53. The molecule has 0 aliphatic carbocycles. The van der Waals surface area contributed by atoms with E-state index in [1.807, 2.05) is 6.92 Å². The van der Waals surface area contributed by atoms with Crippen LogP contribution in [0, 0.1) is 0 Å². The number of ether oxygens (including phenoxy) is 2. The third-order valence-corrected chi connectivity index (χ3v) is 3.05. The van der Waals surface area contributed by atoms with Crippen molar-refractivity contribution in [3.05, 3.63) is 0 Å². The second-order valence-electron chi connectivity index (χ2n) is 4.81. The van der Waals surface area contributed by atoms with Gasteiger partial charge in [0.2, 0.25) is 0 Å². The first-order valence-corrected chi connectivity index (χ1v) is 7.65. The zero-order valence-corrected chi connectivity index (χ0v) is 12.3. The quantitative estimate of drug-likeness (QED) is 0.485. The highest BCUT2D eigenvalue weighted by atomic mass is 16.5. The second kappa shape index (κ2) is 14.9. The van der Waals surface area contributed by atoms with Gasteiger partial charge < -0.3 is 14.6 Å². The van der Waals surface area contributed by atoms with Crippen LogP contribution in [-0.2, 0) is 9.47 Å². The molecule has 110 valence electrons. The summed E-state index contributed by atoms with van der Waals surface area (Å²) in [4.78, 5) is 0. The van der Waals surface area contributed by atoms with Crippen molar-refractivity contribution >= 4 is 0 Å². The summed E-state index contributed by atoms with van der Waals surface area (Å²) in [6.07, 6.45) is 10.4. The standard InChI is InChI=1S/C15H32O3/c1-3-5-6-7-8-9-10-11-12-17-14-15(13-16)18-4-2/h15-16H,3-14H2,1-2H3. The molecule has 0 radical (unpaired) electrons. The van der Waals surface area contributed by atoms with Gasteiger partial charge in [0, 0.05) is 13.2 Å². The van der Waals surface area contributed by atoms with Gasteiger partial charge >= 0.3 is 0 Å². The maximum Gasteiger partial charge on any atom is 0.104 e. The number of hydrogen-bond donors (Lipinski definition) is 1. The lowest BCUT2D eigenvalue weighted by molar-refractivity contribution is -0.0384. The van der Waals surface area contributed by atoms with E-state index in [9.17, 15) is 0 Å². The van der Waals surface area contributed by atoms with E-state index in [4.69, 9.17) is 14.6 Å². The lowest BCUT2D eigenvalue weighted by atomic mass is 10.1. The third kappa shape index (κ3) is 12.3. The summed E-state index contributed by atoms with van der Waals surface area (Å²) in [5.41, 5.74) is 0. The summed E-state index contributed by atoms with van der Waals surface area (Å²) in [7, 11) is 0. The molecular formula is C15H32O3. The Morgan fingerprint density at radius 2 is 1.50 bits per heavy atom. The Hall–Kier alpha value is -0.120. The number of unbranched alkanes of at least 4 members (excludes halogenated alkanes) is 7. The first-order valence-electron chi connectivity index (χ1n) is 7.65. The van der Waals surface area contributed by atoms with Crippen molar-refractivity contribution in [2.75, 3.05) is 26.4 Å². The molecule has 0 aromatic carbocycles. The van der Waals surface area contributed by atoms with E-state index in [0.29, 0.717) is 13.2 Å². The predicted molar refractivity (Wildman–Crippen MR) is 75.9 cm³/mol. The fourth-order valence-electron chi connectivity index (χ4n) is 1.94. The summed E-state index contributed by atoms with van der Waals surface area (Å²) in [6, 6.07) is 0. The molecule has 0 amide bonds. The normalized spacial score (nSPS) is 12.8. The van der Waals surface area contributed by atoms with Crippen LogP contribution < -0.4 is 0 Å². The van der Waals surface area contributed by atoms with Crippen molar-refractivity contribution < 1.29 is 14.6 Å². The van der Waals surface area contributed by atoms with E-state index in [1.54, 1.807) is 0 Å². The van der Waals surface area contributed by atoms with Crippen LogP contribution in [0.3, 0.4) is 0 Å². The SMILES string of the molecule is CCCCCCCCCCOCC(CO)OCC. The minimum atomic E-state index is -0.149. The van der Waals surface area contributed by atoms with Crippen molar-refractivity contribution in [3.8, 4) is 0 Å². The molecule has 0 fully saturated rings. The number of rotatable bonds is 14. The molecule has 0 bridgehead atoms. The van der Waals surface area contributed by atoms with Crippen molar-refractivity contribution in [1.29, 1.82) is 0 Å². The minimum Gasteiger partial charge on any atom is -0.394 e. The van der Waals surface area contributed by atoms with Crippen LogP contribution >= 0.6 is 0 Å². The molecule has 0 aromatic heterocycles. The first-order chi connectivity index (χ1) is 8.85. The molecule has 1 atom stereocenters. The summed E-state index contributed by atoms with van der Waals surface area (Å²) < 4.78 is 10.8. The molecule has 1 unspecified atom stereocenters. The van der Waals surface area contributed by atoms with Gasteiger partial charge in [0.05, 0.1) is 13.2 Å². The monoisotopic (exact) mass is 260 g/mol. The Labute approximate surface area is 113 Å². The van der Waals surface area contributed by atoms with Gasteiger partial charge in [0.25, 0.3) is 0 Å². The Bertz CT molecular complexity index is 151. The van der Waals surface area contributed by atoms with Crippen LogP contribution in [0.15, 0.2) is 0 Å². The van der Waals surface area contributed by atoms with Gasteiger partial charge in [0.1, 0.15) is 6.10 Å². The van der Waals surface area contributed by atoms with Gasteiger partial charge in [0.15, 0.2) is 0 Å². The molecule has 0 saturated carbocycles. The molecule has 0 rings (SSSR count). The summed E-state index contributed by atoms with van der Waals surface area (Å²) >= 11 is 0. The largest absolute Gasteiger partial charge is 0.394 e. The molecule has 0 aliphatic rings. The lowest BCUT2D eigenvalue weighted by Gasteiger charge is -2.14. The van der Waals surface area contributed by atoms with Gasteiger partial charge in [-0.15, -0.1) is 0 Å². The van der Waals surface area contributed by atoms with Crippen LogP contribution in [0.1, 0.15) is 65.2 Å². The summed E-state index contributed by atoms with van der Waals surface area (Å²) in [6.45, 7) is 6.16. The van der Waals surface area contributed by atoms with E-state index in [1.165, 1.54) is 44.9 Å². The fraction of sp³-hybridized carbons (Fsp3) is 1.00. The van der Waals surface area contributed by atoms with Crippen molar-refractivity contribution in [2.45, 2.75) is 71.3 Å². The van der Waals surface area contributed by atoms with Crippen molar-refractivity contribution in [3.63, 3.8) is 0 Å². The summed E-state index contributed by atoms with van der Waals surface area (Å²) in [5.74, 6) is 0. The maximum atomic E-state index is 9.00. The molecule has 0 spiro atoms. The van der Waals surface area contributed by atoms with Crippen LogP contribution in [0.4, 0.5) is 0 Å². The van der Waals surface area contributed by atoms with Gasteiger partial charge in [-0.05, 0) is 13.3 Å². The van der Waals surface area contributed by atoms with E-state index in [2.05, 4.69) is 6.92 Å². The van der Waals surface area contributed by atoms with Crippen molar-refractivity contribution in [1.82, 2.24) is 0 Å². The lowest BCUT2D eigenvalue weighted by Crippen LogP contribution is -2.24. The molecular weight excluding hydrogens is 228 g/mol. The predicted octanol–water partition coefficient (Wildman–Crippen LogP) is 3.54. The molecule has 18 heavy (non-hydrogen) atoms. The van der Waals surface area contributed by atoms with Crippen LogP contribution in [-0.4, -0.2) is 37.6 Å². The Balaban J connectivity index is 3.10. The van der Waals surface area contributed by atoms with Crippen LogP contribution in [0.5, 0.6) is 0 Å². The second-order valence-corrected chi connectivity index (χ2v) is 4.81. The molecule has 0 aliphatic heterocycles. The Morgan fingerprint density at radius 3 is 2.06 bits per heavy atom. The van der Waals surface area contributed by atoms with E-state index >= 15 is 0 Å². The maximum absolute atomic E-state index is 9.00. The Kier molecular flexibility index (Phi) is 14.8. The number of aliphatic hydroxyl groups is 1. The number of hydrogen-bond acceptors (Lipinski definition) is 3. The Morgan fingerprint density at radius 1 is 0.889 bits per heavy atom. The minimum absolute atomic E-state index is 0.0469. The van der Waals surface area contributed by atoms with E-state index < -0.39 is 0 Å². The highest BCUT2D eigenvalue weighted by Crippen LogP contribution is 2.08. The number of aliphatic hydroxyl groups excluding tert-OH is 1. The van der Waals surface area contributed by atoms with Gasteiger partial charge in [-0.1, -0.05) is 51.9 Å². The van der Waals surface area contributed by atoms with Gasteiger partial charge in [-0.25, -0.2) is 0 Å². The van der Waals surface area contributed by atoms with E-state index in [0.717, 1.165) is 13.0 Å². The molecule has 3 heteroatoms. The topological polar surface area (TPSA) is 38.7 Å². The average Bonchev–Trinajstić information content (AvgIpc) is 2.39. The van der Waals surface area contributed by atoms with Gasteiger partial charge in [-0.2, -0.15) is 0 Å². The smallest absolute Gasteiger partial charge is 0.104 e. The van der Waals surface area contributed by atoms with Crippen LogP contribution in [0.25, 0.3) is 0 Å².